The summed E-state index contributed by atoms with van der Waals surface area (Å²) in [4.78, 5) is 0. The van der Waals surface area contributed by atoms with E-state index in [0.717, 1.165) is 10.8 Å². The van der Waals surface area contributed by atoms with Gasteiger partial charge in [-0.15, -0.1) is 0 Å². The summed E-state index contributed by atoms with van der Waals surface area (Å²) in [6.07, 6.45) is 0. The highest BCUT2D eigenvalue weighted by atomic mass is 16.3. The molecule has 27 heavy (non-hydrogen) atoms. The molecule has 0 aliphatic carbocycles. The van der Waals surface area contributed by atoms with Crippen LogP contribution in [0.3, 0.4) is 0 Å². The molecule has 0 aliphatic heterocycles. The molecule has 0 amide bonds. The number of furan rings is 1. The quantitative estimate of drug-likeness (QED) is 0.429. The Kier molecular flexibility index (Phi) is 2.25. The van der Waals surface area contributed by atoms with Gasteiger partial charge in [0.1, 0.15) is 18.2 Å². The van der Waals surface area contributed by atoms with E-state index in [1.807, 2.05) is 6.07 Å². The Bertz CT molecular complexity index is 1580. The minimum Gasteiger partial charge on any atom is -0.456 e. The van der Waals surface area contributed by atoms with Crippen molar-refractivity contribution in [3.63, 3.8) is 0 Å². The van der Waals surface area contributed by atoms with Gasteiger partial charge in [-0.3, -0.25) is 0 Å². The summed E-state index contributed by atoms with van der Waals surface area (Å²) in [5.41, 5.74) is 2.35. The van der Waals surface area contributed by atoms with Gasteiger partial charge in [-0.2, -0.15) is 9.83 Å². The first kappa shape index (κ1) is 9.71. The Hall–Kier alpha value is -3.12. The van der Waals surface area contributed by atoms with E-state index < -0.39 is 37.2 Å². The fraction of sp³-hybridized carbons (Fsp3) is 0.250. The molecule has 0 saturated carbocycles. The summed E-state index contributed by atoms with van der Waals surface area (Å²) in [6.45, 7) is -3.35. The number of pyridine rings is 1. The van der Waals surface area contributed by atoms with E-state index in [0.29, 0.717) is 27.9 Å². The maximum absolute atomic E-state index is 9.25. The summed E-state index contributed by atoms with van der Waals surface area (Å²) in [5, 5.41) is 10.7. The molecule has 4 aromatic rings. The van der Waals surface area contributed by atoms with Crippen molar-refractivity contribution >= 4 is 21.9 Å². The molecule has 134 valence electrons. The minimum atomic E-state index is -3.33. The summed E-state index contributed by atoms with van der Waals surface area (Å²) in [6, 6.07) is 9.66. The Morgan fingerprint density at radius 3 is 2.67 bits per heavy atom. The number of nitriles is 1. The third-order valence-corrected chi connectivity index (χ3v) is 4.84. The normalized spacial score (nSPS) is 17.6. The maximum atomic E-state index is 9.25. The first-order valence-electron chi connectivity index (χ1n) is 12.9. The predicted molar refractivity (Wildman–Crippen MR) is 109 cm³/mol. The minimum absolute atomic E-state index is 0.168. The van der Waals surface area contributed by atoms with Gasteiger partial charge in [0, 0.05) is 39.4 Å². The number of aryl methyl sites for hydroxylation is 1. The molecule has 0 aliphatic rings. The summed E-state index contributed by atoms with van der Waals surface area (Å²) in [5.74, 6) is -3.19. The Morgan fingerprint density at radius 1 is 1.15 bits per heavy atom. The van der Waals surface area contributed by atoms with Crippen molar-refractivity contribution in [1.29, 1.82) is 5.26 Å². The van der Waals surface area contributed by atoms with Crippen LogP contribution in [0.15, 0.2) is 46.8 Å². The first-order valence-corrected chi connectivity index (χ1v) is 8.42. The molecule has 4 rings (SSSR count). The molecular formula is C24H23N2O+. The highest BCUT2D eigenvalue weighted by Gasteiger charge is 2.20. The molecule has 0 radical (unpaired) electrons. The SMILES string of the molecule is [2H]c1c(C([2H])(C([2H])([2H])[2H])C([2H])([2H])[2H])c([2H])c(-c2cc3oc4ccc(C#N)cc4c3cc2C)[n+](C)c1C. The molecule has 0 bridgehead atoms. The van der Waals surface area contributed by atoms with Crippen LogP contribution >= 0.6 is 0 Å². The van der Waals surface area contributed by atoms with Crippen LogP contribution in [0.2, 0.25) is 0 Å². The topological polar surface area (TPSA) is 40.8 Å². The zero-order chi connectivity index (χ0) is 27.0. The monoisotopic (exact) mass is 364 g/mol. The Labute approximate surface area is 172 Å². The van der Waals surface area contributed by atoms with E-state index in [9.17, 15) is 5.26 Å². The van der Waals surface area contributed by atoms with Gasteiger partial charge in [0.2, 0.25) is 5.69 Å². The number of nitrogens with zero attached hydrogens (tertiary/aromatic N) is 2. The number of aromatic nitrogens is 1. The Balaban J connectivity index is 2.11. The highest BCUT2D eigenvalue weighted by Crippen LogP contribution is 2.34. The van der Waals surface area contributed by atoms with Crippen LogP contribution in [-0.2, 0) is 7.05 Å². The van der Waals surface area contributed by atoms with Gasteiger partial charge in [-0.25, -0.2) is 0 Å². The predicted octanol–water partition coefficient (Wildman–Crippen LogP) is 5.69. The van der Waals surface area contributed by atoms with Crippen LogP contribution in [0.1, 0.15) is 54.3 Å². The van der Waals surface area contributed by atoms with Gasteiger partial charge in [0.05, 0.1) is 19.9 Å². The average Bonchev–Trinajstić information content (AvgIpc) is 3.12. The third-order valence-electron chi connectivity index (χ3n) is 4.84. The number of hydrogen-bond donors (Lipinski definition) is 0. The second-order valence-corrected chi connectivity index (χ2v) is 6.58. The van der Waals surface area contributed by atoms with Crippen LogP contribution in [0.25, 0.3) is 33.2 Å². The van der Waals surface area contributed by atoms with Gasteiger partial charge in [0.25, 0.3) is 0 Å². The number of fused-ring (bicyclic) bond motifs is 3. The molecule has 3 nitrogen and oxygen atoms in total. The molecule has 0 N–H and O–H groups in total. The lowest BCUT2D eigenvalue weighted by Crippen LogP contribution is -2.35. The smallest absolute Gasteiger partial charge is 0.213 e. The number of benzene rings is 2. The van der Waals surface area contributed by atoms with Crippen molar-refractivity contribution in [1.82, 2.24) is 0 Å². The van der Waals surface area contributed by atoms with Crippen molar-refractivity contribution in [2.24, 2.45) is 7.05 Å². The lowest BCUT2D eigenvalue weighted by Gasteiger charge is -2.11. The molecule has 0 spiro atoms. The largest absolute Gasteiger partial charge is 0.456 e. The van der Waals surface area contributed by atoms with Crippen LogP contribution in [0, 0.1) is 25.2 Å². The summed E-state index contributed by atoms with van der Waals surface area (Å²) < 4.78 is 81.0. The fourth-order valence-electron chi connectivity index (χ4n) is 3.29. The molecule has 0 fully saturated rings. The molecule has 0 unspecified atom stereocenters. The Morgan fingerprint density at radius 2 is 1.93 bits per heavy atom. The van der Waals surface area contributed by atoms with Crippen LogP contribution in [-0.4, -0.2) is 0 Å². The van der Waals surface area contributed by atoms with Crippen molar-refractivity contribution in [3.05, 3.63) is 64.8 Å². The lowest BCUT2D eigenvalue weighted by atomic mass is 9.96. The van der Waals surface area contributed by atoms with E-state index in [1.54, 1.807) is 38.2 Å². The van der Waals surface area contributed by atoms with E-state index in [2.05, 4.69) is 6.07 Å². The molecule has 2 aromatic carbocycles. The second kappa shape index (κ2) is 6.25. The molecular weight excluding hydrogens is 332 g/mol. The van der Waals surface area contributed by atoms with Gasteiger partial charge >= 0.3 is 0 Å². The van der Waals surface area contributed by atoms with E-state index >= 15 is 0 Å². The average molecular weight is 365 g/mol. The van der Waals surface area contributed by atoms with Gasteiger partial charge in [0.15, 0.2) is 5.69 Å². The maximum Gasteiger partial charge on any atom is 0.213 e. The second-order valence-electron chi connectivity index (χ2n) is 6.58. The molecule has 2 heterocycles. The third kappa shape index (κ3) is 2.78. The van der Waals surface area contributed by atoms with Crippen molar-refractivity contribution < 1.29 is 21.3 Å². The van der Waals surface area contributed by atoms with Crippen LogP contribution < -0.4 is 4.57 Å². The zero-order valence-electron chi connectivity index (χ0n) is 24.2. The van der Waals surface area contributed by atoms with Crippen LogP contribution in [0.4, 0.5) is 0 Å². The summed E-state index contributed by atoms with van der Waals surface area (Å²) >= 11 is 0. The van der Waals surface area contributed by atoms with Gasteiger partial charge < -0.3 is 4.42 Å². The zero-order valence-corrected chi connectivity index (χ0v) is 15.2. The first-order chi connectivity index (χ1) is 16.5. The molecule has 3 heteroatoms. The van der Waals surface area contributed by atoms with Gasteiger partial charge in [-0.1, -0.05) is 13.7 Å². The standard InChI is InChI=1S/C24H23N2O/c1-14(2)18-9-16(4)26(5)22(11-18)19-12-24-20(8-15(19)3)21-10-17(13-25)6-7-23(21)27-24/h6-12,14H,1-5H3/q+1/i1D3,2D3,9D,11D,14D. The van der Waals surface area contributed by atoms with Gasteiger partial charge in [-0.05, 0) is 54.3 Å². The summed E-state index contributed by atoms with van der Waals surface area (Å²) in [7, 11) is 1.60. The fourth-order valence-corrected chi connectivity index (χ4v) is 3.29. The lowest BCUT2D eigenvalue weighted by molar-refractivity contribution is -0.666. The molecule has 0 saturated heterocycles. The van der Waals surface area contributed by atoms with Crippen LogP contribution in [0.5, 0.6) is 0 Å². The number of hydrogen-bond acceptors (Lipinski definition) is 2. The van der Waals surface area contributed by atoms with E-state index in [1.165, 1.54) is 11.5 Å². The highest BCUT2D eigenvalue weighted by molar-refractivity contribution is 6.06. The van der Waals surface area contributed by atoms with E-state index in [-0.39, 0.29) is 11.4 Å². The van der Waals surface area contributed by atoms with E-state index in [4.69, 9.17) is 16.8 Å². The number of rotatable bonds is 2. The van der Waals surface area contributed by atoms with Crippen molar-refractivity contribution in [3.8, 4) is 17.3 Å². The van der Waals surface area contributed by atoms with Crippen molar-refractivity contribution in [2.75, 3.05) is 0 Å². The molecule has 0 atom stereocenters. The molecule has 2 aromatic heterocycles. The van der Waals surface area contributed by atoms with Crippen molar-refractivity contribution in [2.45, 2.75) is 33.4 Å².